The van der Waals surface area contributed by atoms with Gasteiger partial charge in [-0.3, -0.25) is 4.79 Å². The minimum atomic E-state index is -0.813. The van der Waals surface area contributed by atoms with Gasteiger partial charge in [-0.25, -0.2) is 0 Å². The largest absolute Gasteiger partial charge is 0.495 e. The average molecular weight is 436 g/mol. The van der Waals surface area contributed by atoms with E-state index in [-0.39, 0.29) is 36.8 Å². The summed E-state index contributed by atoms with van der Waals surface area (Å²) in [6.45, 7) is 8.67. The van der Waals surface area contributed by atoms with Crippen LogP contribution < -0.4 is 14.9 Å². The zero-order chi connectivity index (χ0) is 22.7. The van der Waals surface area contributed by atoms with Crippen molar-refractivity contribution in [1.29, 1.82) is 0 Å². The maximum atomic E-state index is 11.1. The summed E-state index contributed by atoms with van der Waals surface area (Å²) in [6.07, 6.45) is 1.81. The molecule has 168 valence electrons. The van der Waals surface area contributed by atoms with Crippen molar-refractivity contribution >= 4 is 18.6 Å². The van der Waals surface area contributed by atoms with Crippen LogP contribution in [0, 0.1) is 0 Å². The number of rotatable bonds is 5. The molecule has 3 aliphatic rings. The fourth-order valence-corrected chi connectivity index (χ4v) is 4.83. The normalized spacial score (nSPS) is 24.7. The number of fused-ring (bicyclic) bond motifs is 2. The van der Waals surface area contributed by atoms with Crippen molar-refractivity contribution in [2.24, 2.45) is 0 Å². The van der Waals surface area contributed by atoms with Gasteiger partial charge in [-0.05, 0) is 63.2 Å². The molecule has 1 fully saturated rings. The fraction of sp³-hybridized carbons (Fsp3) is 0.480. The summed E-state index contributed by atoms with van der Waals surface area (Å²) >= 11 is 0. The molecule has 5 rings (SSSR count). The van der Waals surface area contributed by atoms with Crippen LogP contribution in [0.3, 0.4) is 0 Å². The van der Waals surface area contributed by atoms with E-state index in [1.54, 1.807) is 0 Å². The highest BCUT2D eigenvalue weighted by molar-refractivity contribution is 6.62. The lowest BCUT2D eigenvalue weighted by Crippen LogP contribution is -2.41. The zero-order valence-electron chi connectivity index (χ0n) is 19.0. The topological polar surface area (TPSA) is 74.2 Å². The van der Waals surface area contributed by atoms with E-state index in [2.05, 4.69) is 39.8 Å². The Morgan fingerprint density at radius 3 is 2.59 bits per heavy atom. The van der Waals surface area contributed by atoms with Gasteiger partial charge in [0.1, 0.15) is 17.6 Å². The third-order valence-electron chi connectivity index (χ3n) is 7.32. The number of benzene rings is 2. The monoisotopic (exact) mass is 436 g/mol. The number of hydrogen-bond acceptors (Lipinski definition) is 5. The number of aliphatic carboxylic acids is 1. The molecular weight excluding hydrogens is 407 g/mol. The van der Waals surface area contributed by atoms with Crippen molar-refractivity contribution in [3.8, 4) is 11.5 Å². The highest BCUT2D eigenvalue weighted by Gasteiger charge is 2.52. The van der Waals surface area contributed by atoms with Gasteiger partial charge in [0.15, 0.2) is 0 Å². The van der Waals surface area contributed by atoms with Gasteiger partial charge in [-0.2, -0.15) is 0 Å². The number of carboxylic acid groups (broad SMARTS) is 1. The molecule has 0 saturated carbocycles. The van der Waals surface area contributed by atoms with Gasteiger partial charge in [0, 0.05) is 17.5 Å². The van der Waals surface area contributed by atoms with Crippen LogP contribution in [0.5, 0.6) is 11.5 Å². The van der Waals surface area contributed by atoms with Crippen LogP contribution in [0.1, 0.15) is 69.2 Å². The van der Waals surface area contributed by atoms with E-state index in [4.69, 9.17) is 23.9 Å². The highest BCUT2D eigenvalue weighted by Crippen LogP contribution is 2.42. The second-order valence-corrected chi connectivity index (χ2v) is 9.95. The van der Waals surface area contributed by atoms with E-state index in [1.165, 1.54) is 11.1 Å². The molecule has 6 nitrogen and oxygen atoms in total. The van der Waals surface area contributed by atoms with Crippen LogP contribution >= 0.6 is 0 Å². The minimum Gasteiger partial charge on any atom is -0.492 e. The van der Waals surface area contributed by atoms with Gasteiger partial charge < -0.3 is 23.9 Å². The molecule has 2 aliphatic heterocycles. The summed E-state index contributed by atoms with van der Waals surface area (Å²) in [5.41, 5.74) is 3.68. The Bertz CT molecular complexity index is 1050. The second-order valence-electron chi connectivity index (χ2n) is 9.95. The van der Waals surface area contributed by atoms with E-state index in [9.17, 15) is 4.79 Å². The Morgan fingerprint density at radius 1 is 1.12 bits per heavy atom. The molecule has 1 saturated heterocycles. The molecule has 0 bridgehead atoms. The number of ether oxygens (including phenoxy) is 2. The third-order valence-corrected chi connectivity index (χ3v) is 7.32. The predicted molar refractivity (Wildman–Crippen MR) is 121 cm³/mol. The van der Waals surface area contributed by atoms with Crippen LogP contribution in [-0.4, -0.2) is 36.0 Å². The molecule has 2 atom stereocenters. The Labute approximate surface area is 189 Å². The smallest absolute Gasteiger partial charge is 0.492 e. The Hall–Kier alpha value is -2.51. The summed E-state index contributed by atoms with van der Waals surface area (Å²) in [5.74, 6) is 0.537. The Balaban J connectivity index is 1.35. The predicted octanol–water partition coefficient (Wildman–Crippen LogP) is 4.00. The number of hydrogen-bond donors (Lipinski definition) is 1. The van der Waals surface area contributed by atoms with Crippen LogP contribution in [0.25, 0.3) is 0 Å². The van der Waals surface area contributed by atoms with E-state index in [0.717, 1.165) is 35.4 Å². The quantitative estimate of drug-likeness (QED) is 0.715. The average Bonchev–Trinajstić information content (AvgIpc) is 3.36. The summed E-state index contributed by atoms with van der Waals surface area (Å²) in [7, 11) is -0.381. The first-order valence-corrected chi connectivity index (χ1v) is 11.3. The van der Waals surface area contributed by atoms with Crippen LogP contribution in [-0.2, 0) is 20.5 Å². The number of carboxylic acids is 1. The van der Waals surface area contributed by atoms with Crippen LogP contribution in [0.2, 0.25) is 0 Å². The van der Waals surface area contributed by atoms with Gasteiger partial charge >= 0.3 is 13.1 Å². The maximum Gasteiger partial charge on any atom is 0.495 e. The molecule has 0 spiro atoms. The molecule has 0 amide bonds. The molecule has 7 heteroatoms. The molecular formula is C25H29BO6. The minimum absolute atomic E-state index is 0.0540. The lowest BCUT2D eigenvalue weighted by molar-refractivity contribution is -0.137. The van der Waals surface area contributed by atoms with E-state index < -0.39 is 5.97 Å². The molecule has 2 heterocycles. The summed E-state index contributed by atoms with van der Waals surface area (Å²) in [4.78, 5) is 11.1. The summed E-state index contributed by atoms with van der Waals surface area (Å²) in [5, 5.41) is 9.10. The second kappa shape index (κ2) is 7.53. The van der Waals surface area contributed by atoms with Crippen molar-refractivity contribution in [3.05, 3.63) is 53.1 Å². The van der Waals surface area contributed by atoms with Gasteiger partial charge in [0.25, 0.3) is 0 Å². The standard InChI is InChI=1S/C25H29BO6/c1-24(2)25(3,4)32-26(31-24)20-7-5-6-19-18(20)10-11-21(19)30-16-8-9-17-15(12-23(27)28)14-29-22(17)13-16/h5-9,13,15,21H,10-12,14H2,1-4H3,(H,27,28)/t15-,21-/m1/s1. The van der Waals surface area contributed by atoms with E-state index in [1.807, 2.05) is 24.3 Å². The molecule has 0 aromatic heterocycles. The van der Waals surface area contributed by atoms with Crippen LogP contribution in [0.15, 0.2) is 36.4 Å². The molecule has 1 N–H and O–H groups in total. The van der Waals surface area contributed by atoms with Gasteiger partial charge in [0.2, 0.25) is 0 Å². The van der Waals surface area contributed by atoms with Crippen molar-refractivity contribution in [2.45, 2.75) is 70.2 Å². The molecule has 2 aromatic carbocycles. The van der Waals surface area contributed by atoms with E-state index in [0.29, 0.717) is 6.61 Å². The first kappa shape index (κ1) is 21.3. The zero-order valence-corrected chi connectivity index (χ0v) is 19.0. The Kier molecular flexibility index (Phi) is 5.02. The van der Waals surface area contributed by atoms with Crippen molar-refractivity contribution in [3.63, 3.8) is 0 Å². The highest BCUT2D eigenvalue weighted by atomic mass is 16.7. The van der Waals surface area contributed by atoms with Crippen molar-refractivity contribution < 1.29 is 28.7 Å². The molecule has 2 aromatic rings. The lowest BCUT2D eigenvalue weighted by atomic mass is 9.75. The van der Waals surface area contributed by atoms with Gasteiger partial charge in [0.05, 0.1) is 24.2 Å². The first-order chi connectivity index (χ1) is 15.1. The first-order valence-electron chi connectivity index (χ1n) is 11.3. The Morgan fingerprint density at radius 2 is 1.88 bits per heavy atom. The molecule has 0 unspecified atom stereocenters. The summed E-state index contributed by atoms with van der Waals surface area (Å²) in [6, 6.07) is 12.0. The SMILES string of the molecule is CC1(C)OB(c2cccc3c2CC[C@H]3Oc2ccc3c(c2)OC[C@H]3CC(=O)O)OC1(C)C. The fourth-order valence-electron chi connectivity index (χ4n) is 4.83. The van der Waals surface area contributed by atoms with E-state index >= 15 is 0 Å². The van der Waals surface area contributed by atoms with Gasteiger partial charge in [-0.15, -0.1) is 0 Å². The van der Waals surface area contributed by atoms with Crippen molar-refractivity contribution in [1.82, 2.24) is 0 Å². The molecule has 1 aliphatic carbocycles. The van der Waals surface area contributed by atoms with Gasteiger partial charge in [-0.1, -0.05) is 24.3 Å². The molecule has 32 heavy (non-hydrogen) atoms. The van der Waals surface area contributed by atoms with Crippen molar-refractivity contribution in [2.75, 3.05) is 6.61 Å². The molecule has 0 radical (unpaired) electrons. The number of carbonyl (C=O) groups is 1. The third kappa shape index (κ3) is 3.57. The maximum absolute atomic E-state index is 11.1. The summed E-state index contributed by atoms with van der Waals surface area (Å²) < 4.78 is 24.7. The lowest BCUT2D eigenvalue weighted by Gasteiger charge is -2.32. The van der Waals surface area contributed by atoms with Crippen LogP contribution in [0.4, 0.5) is 0 Å².